The smallest absolute Gasteiger partial charge is 0.238 e. The van der Waals surface area contributed by atoms with Gasteiger partial charge in [-0.25, -0.2) is 9.37 Å². The number of halogens is 3. The number of pyridine rings is 1. The molecular formula is C11H7BrClFN2O. The number of nitrogens with two attached hydrogens (primary N) is 1. The fourth-order valence-corrected chi connectivity index (χ4v) is 1.86. The Morgan fingerprint density at radius 2 is 2.12 bits per heavy atom. The van der Waals surface area contributed by atoms with E-state index in [0.717, 1.165) is 4.47 Å². The molecule has 17 heavy (non-hydrogen) atoms. The number of anilines is 1. The van der Waals surface area contributed by atoms with Crippen LogP contribution in [-0.4, -0.2) is 4.98 Å². The van der Waals surface area contributed by atoms with Crippen LogP contribution < -0.4 is 10.5 Å². The molecule has 0 saturated heterocycles. The van der Waals surface area contributed by atoms with Crippen molar-refractivity contribution >= 4 is 33.2 Å². The zero-order valence-electron chi connectivity index (χ0n) is 8.45. The molecule has 0 fully saturated rings. The number of ether oxygens (including phenoxy) is 1. The molecule has 0 aliphatic heterocycles. The Morgan fingerprint density at radius 3 is 2.76 bits per heavy atom. The predicted octanol–water partition coefficient (Wildman–Crippen LogP) is 4.01. The first-order valence-corrected chi connectivity index (χ1v) is 5.77. The molecule has 1 heterocycles. The normalized spacial score (nSPS) is 10.3. The number of hydrogen-bond donors (Lipinski definition) is 1. The molecular weight excluding hydrogens is 310 g/mol. The molecule has 0 spiro atoms. The predicted molar refractivity (Wildman–Crippen MR) is 67.8 cm³/mol. The molecule has 0 atom stereocenters. The molecule has 0 amide bonds. The van der Waals surface area contributed by atoms with E-state index in [1.54, 1.807) is 12.3 Å². The monoisotopic (exact) mass is 316 g/mol. The zero-order chi connectivity index (χ0) is 12.4. The van der Waals surface area contributed by atoms with Gasteiger partial charge in [0.25, 0.3) is 0 Å². The van der Waals surface area contributed by atoms with E-state index in [9.17, 15) is 4.39 Å². The number of nitrogens with zero attached hydrogens (tertiary/aromatic N) is 1. The summed E-state index contributed by atoms with van der Waals surface area (Å²) < 4.78 is 19.0. The number of aromatic nitrogens is 1. The molecule has 0 saturated carbocycles. The van der Waals surface area contributed by atoms with Crippen molar-refractivity contribution in [3.05, 3.63) is 45.8 Å². The lowest BCUT2D eigenvalue weighted by Crippen LogP contribution is -1.95. The minimum Gasteiger partial charge on any atom is -0.435 e. The fraction of sp³-hybridized carbons (Fsp3) is 0. The summed E-state index contributed by atoms with van der Waals surface area (Å²) in [5.41, 5.74) is 5.79. The Morgan fingerprint density at radius 1 is 1.35 bits per heavy atom. The van der Waals surface area contributed by atoms with Gasteiger partial charge in [0.15, 0.2) is 5.75 Å². The first-order chi connectivity index (χ1) is 8.06. The summed E-state index contributed by atoms with van der Waals surface area (Å²) in [6.07, 6.45) is 1.54. The van der Waals surface area contributed by atoms with Crippen LogP contribution in [0.4, 0.5) is 10.1 Å². The fourth-order valence-electron chi connectivity index (χ4n) is 1.19. The molecule has 88 valence electrons. The molecule has 6 heteroatoms. The van der Waals surface area contributed by atoms with Crippen molar-refractivity contribution in [3.8, 4) is 11.6 Å². The van der Waals surface area contributed by atoms with Gasteiger partial charge in [0.2, 0.25) is 5.88 Å². The van der Waals surface area contributed by atoms with Crippen LogP contribution in [0, 0.1) is 5.82 Å². The van der Waals surface area contributed by atoms with Crippen LogP contribution in [0.2, 0.25) is 5.02 Å². The van der Waals surface area contributed by atoms with Gasteiger partial charge in [0.05, 0.1) is 5.69 Å². The van der Waals surface area contributed by atoms with Crippen LogP contribution in [0.1, 0.15) is 0 Å². The maximum atomic E-state index is 12.8. The maximum absolute atomic E-state index is 12.8. The largest absolute Gasteiger partial charge is 0.435 e. The van der Waals surface area contributed by atoms with Gasteiger partial charge in [0, 0.05) is 16.7 Å². The first-order valence-electron chi connectivity index (χ1n) is 4.60. The van der Waals surface area contributed by atoms with Gasteiger partial charge < -0.3 is 10.5 Å². The quantitative estimate of drug-likeness (QED) is 0.851. The highest BCUT2D eigenvalue weighted by atomic mass is 79.9. The van der Waals surface area contributed by atoms with E-state index < -0.39 is 5.82 Å². The van der Waals surface area contributed by atoms with E-state index in [1.807, 2.05) is 0 Å². The zero-order valence-corrected chi connectivity index (χ0v) is 10.8. The van der Waals surface area contributed by atoms with Crippen LogP contribution in [0.5, 0.6) is 11.6 Å². The van der Waals surface area contributed by atoms with Gasteiger partial charge in [0.1, 0.15) is 10.8 Å². The van der Waals surface area contributed by atoms with E-state index in [-0.39, 0.29) is 11.6 Å². The summed E-state index contributed by atoms with van der Waals surface area (Å²) in [4.78, 5) is 3.99. The third-order valence-electron chi connectivity index (χ3n) is 1.95. The van der Waals surface area contributed by atoms with Crippen LogP contribution in [0.25, 0.3) is 0 Å². The van der Waals surface area contributed by atoms with E-state index in [4.69, 9.17) is 22.1 Å². The van der Waals surface area contributed by atoms with Gasteiger partial charge in [-0.15, -0.1) is 0 Å². The second kappa shape index (κ2) is 4.89. The summed E-state index contributed by atoms with van der Waals surface area (Å²) >= 11 is 9.16. The van der Waals surface area contributed by atoms with Crippen molar-refractivity contribution in [1.29, 1.82) is 0 Å². The summed E-state index contributed by atoms with van der Waals surface area (Å²) in [6, 6.07) is 5.48. The van der Waals surface area contributed by atoms with E-state index >= 15 is 0 Å². The van der Waals surface area contributed by atoms with Crippen molar-refractivity contribution in [2.75, 3.05) is 5.73 Å². The lowest BCUT2D eigenvalue weighted by molar-refractivity contribution is 0.464. The van der Waals surface area contributed by atoms with E-state index in [1.165, 1.54) is 18.2 Å². The molecule has 3 nitrogen and oxygen atoms in total. The summed E-state index contributed by atoms with van der Waals surface area (Å²) in [6.45, 7) is 0. The second-order valence-corrected chi connectivity index (χ2v) is 4.55. The number of rotatable bonds is 2. The third kappa shape index (κ3) is 2.87. The van der Waals surface area contributed by atoms with Gasteiger partial charge in [-0.1, -0.05) is 11.6 Å². The molecule has 0 unspecified atom stereocenters. The standard InChI is InChI=1S/C11H7BrClFN2O/c12-6-3-8(13)11(16-5-6)17-10-2-1-7(14)4-9(10)15/h1-5H,15H2. The van der Waals surface area contributed by atoms with Crippen molar-refractivity contribution < 1.29 is 9.13 Å². The summed E-state index contributed by atoms with van der Waals surface area (Å²) in [5.74, 6) is 0.0982. The van der Waals surface area contributed by atoms with Crippen LogP contribution in [0.3, 0.4) is 0 Å². The highest BCUT2D eigenvalue weighted by molar-refractivity contribution is 9.10. The lowest BCUT2D eigenvalue weighted by atomic mass is 10.3. The molecule has 0 bridgehead atoms. The van der Waals surface area contributed by atoms with Crippen molar-refractivity contribution in [2.45, 2.75) is 0 Å². The Balaban J connectivity index is 2.31. The third-order valence-corrected chi connectivity index (χ3v) is 2.66. The Kier molecular flexibility index (Phi) is 3.49. The minimum absolute atomic E-state index is 0.186. The number of nitrogen functional groups attached to an aromatic ring is 1. The van der Waals surface area contributed by atoms with Gasteiger partial charge in [-0.2, -0.15) is 0 Å². The molecule has 0 aliphatic rings. The van der Waals surface area contributed by atoms with E-state index in [0.29, 0.717) is 10.8 Å². The number of benzene rings is 1. The SMILES string of the molecule is Nc1cc(F)ccc1Oc1ncc(Br)cc1Cl. The molecule has 2 aromatic rings. The highest BCUT2D eigenvalue weighted by Crippen LogP contribution is 2.32. The first kappa shape index (κ1) is 12.1. The Bertz CT molecular complexity index is 516. The molecule has 1 aromatic carbocycles. The average molecular weight is 318 g/mol. The molecule has 1 aromatic heterocycles. The van der Waals surface area contributed by atoms with Crippen molar-refractivity contribution in [2.24, 2.45) is 0 Å². The van der Waals surface area contributed by atoms with Gasteiger partial charge in [-0.3, -0.25) is 0 Å². The van der Waals surface area contributed by atoms with Crippen LogP contribution in [-0.2, 0) is 0 Å². The average Bonchev–Trinajstić information content (AvgIpc) is 2.25. The lowest BCUT2D eigenvalue weighted by Gasteiger charge is -2.08. The maximum Gasteiger partial charge on any atom is 0.238 e. The second-order valence-electron chi connectivity index (χ2n) is 3.22. The summed E-state index contributed by atoms with van der Waals surface area (Å²) in [5, 5.41) is 0.336. The number of hydrogen-bond acceptors (Lipinski definition) is 3. The molecule has 2 rings (SSSR count). The van der Waals surface area contributed by atoms with Crippen molar-refractivity contribution in [1.82, 2.24) is 4.98 Å². The van der Waals surface area contributed by atoms with Crippen LogP contribution in [0.15, 0.2) is 34.9 Å². The van der Waals surface area contributed by atoms with Gasteiger partial charge >= 0.3 is 0 Å². The van der Waals surface area contributed by atoms with Crippen LogP contribution >= 0.6 is 27.5 Å². The molecule has 2 N–H and O–H groups in total. The summed E-state index contributed by atoms with van der Waals surface area (Å²) in [7, 11) is 0. The topological polar surface area (TPSA) is 48.1 Å². The van der Waals surface area contributed by atoms with Crippen molar-refractivity contribution in [3.63, 3.8) is 0 Å². The molecule has 0 radical (unpaired) electrons. The Labute approximate surface area is 110 Å². The molecule has 0 aliphatic carbocycles. The van der Waals surface area contributed by atoms with E-state index in [2.05, 4.69) is 20.9 Å². The minimum atomic E-state index is -0.426. The van der Waals surface area contributed by atoms with Gasteiger partial charge in [-0.05, 0) is 34.1 Å². The Hall–Kier alpha value is -1.33. The highest BCUT2D eigenvalue weighted by Gasteiger charge is 2.08.